The van der Waals surface area contributed by atoms with Crippen LogP contribution in [0.15, 0.2) is 36.7 Å². The molecule has 1 aromatic carbocycles. The molecule has 0 spiro atoms. The highest BCUT2D eigenvalue weighted by Crippen LogP contribution is 2.25. The quantitative estimate of drug-likeness (QED) is 0.565. The van der Waals surface area contributed by atoms with Gasteiger partial charge in [-0.15, -0.1) is 11.3 Å². The predicted molar refractivity (Wildman–Crippen MR) is 126 cm³/mol. The number of hydrogen-bond acceptors (Lipinski definition) is 8. The Balaban J connectivity index is 1.49. The number of nitrogen functional groups attached to an aromatic ring is 1. The lowest BCUT2D eigenvalue weighted by atomic mass is 10.0. The van der Waals surface area contributed by atoms with E-state index >= 15 is 0 Å². The molecule has 2 N–H and O–H groups in total. The summed E-state index contributed by atoms with van der Waals surface area (Å²) in [5.74, 6) is 0.0299. The molecule has 33 heavy (non-hydrogen) atoms. The summed E-state index contributed by atoms with van der Waals surface area (Å²) >= 11 is 1.48. The molecule has 0 radical (unpaired) electrons. The van der Waals surface area contributed by atoms with Gasteiger partial charge in [-0.1, -0.05) is 6.07 Å². The maximum Gasteiger partial charge on any atom is 0.261 e. The van der Waals surface area contributed by atoms with Crippen LogP contribution in [-0.2, 0) is 20.9 Å². The minimum absolute atomic E-state index is 0.118. The molecule has 0 saturated carbocycles. The zero-order valence-electron chi connectivity index (χ0n) is 18.9. The maximum atomic E-state index is 13.4. The van der Waals surface area contributed by atoms with Crippen LogP contribution in [0.1, 0.15) is 17.4 Å². The van der Waals surface area contributed by atoms with Crippen molar-refractivity contribution in [3.8, 4) is 5.06 Å². The van der Waals surface area contributed by atoms with Gasteiger partial charge in [-0.2, -0.15) is 0 Å². The van der Waals surface area contributed by atoms with E-state index in [1.165, 1.54) is 24.8 Å². The number of nitrogens with two attached hydrogens (primary N) is 1. The van der Waals surface area contributed by atoms with Crippen LogP contribution in [-0.4, -0.2) is 70.5 Å². The van der Waals surface area contributed by atoms with Gasteiger partial charge in [0.15, 0.2) is 11.7 Å². The number of piperazine rings is 1. The zero-order valence-corrected chi connectivity index (χ0v) is 19.7. The summed E-state index contributed by atoms with van der Waals surface area (Å²) in [7, 11) is 1.52. The number of ether oxygens (including phenoxy) is 2. The van der Waals surface area contributed by atoms with Gasteiger partial charge < -0.3 is 25.0 Å². The van der Waals surface area contributed by atoms with Gasteiger partial charge in [0.2, 0.25) is 5.91 Å². The lowest BCUT2D eigenvalue weighted by Crippen LogP contribution is -2.63. The molecule has 10 heteroatoms. The first-order valence-corrected chi connectivity index (χ1v) is 11.5. The van der Waals surface area contributed by atoms with Crippen LogP contribution in [0.4, 0.5) is 5.82 Å². The van der Waals surface area contributed by atoms with E-state index in [1.54, 1.807) is 9.80 Å². The van der Waals surface area contributed by atoms with Crippen LogP contribution in [0.25, 0.3) is 10.9 Å². The molecule has 3 aromatic rings. The summed E-state index contributed by atoms with van der Waals surface area (Å²) in [4.78, 5) is 39.1. The molecule has 2 atom stereocenters. The SMILES string of the molecule is COC[C@H]1C(=O)N(Cc2ccc3c(N)ncnc3c2)C(C)CN1C(=O)COc1ccc(C)s1. The second kappa shape index (κ2) is 9.72. The van der Waals surface area contributed by atoms with Crippen molar-refractivity contribution >= 4 is 39.9 Å². The van der Waals surface area contributed by atoms with Crippen LogP contribution in [0.5, 0.6) is 5.06 Å². The molecule has 1 fully saturated rings. The standard InChI is InChI=1S/C23H27N5O4S/c1-14-9-28(20(29)12-32-21-7-4-15(2)33-21)19(11-31-3)23(30)27(14)10-16-5-6-17-18(8-16)25-13-26-22(17)24/h4-8,13-14,19H,9-12H2,1-3H3,(H2,24,25,26)/t14?,19-/m0/s1. The van der Waals surface area contributed by atoms with E-state index in [-0.39, 0.29) is 31.1 Å². The molecule has 0 bridgehead atoms. The van der Waals surface area contributed by atoms with Crippen molar-refractivity contribution in [1.82, 2.24) is 19.8 Å². The minimum Gasteiger partial charge on any atom is -0.474 e. The number of amides is 2. The topological polar surface area (TPSA) is 111 Å². The number of methoxy groups -OCH3 is 1. The molecule has 1 saturated heterocycles. The second-order valence-electron chi connectivity index (χ2n) is 8.10. The number of hydrogen-bond donors (Lipinski definition) is 1. The maximum absolute atomic E-state index is 13.4. The fourth-order valence-corrected chi connectivity index (χ4v) is 4.71. The fraction of sp³-hybridized carbons (Fsp3) is 0.391. The third-order valence-corrected chi connectivity index (χ3v) is 6.63. The molecule has 9 nitrogen and oxygen atoms in total. The molecule has 1 aliphatic rings. The molecule has 174 valence electrons. The molecule has 3 heterocycles. The van der Waals surface area contributed by atoms with E-state index in [0.717, 1.165) is 21.3 Å². The zero-order chi connectivity index (χ0) is 23.5. The van der Waals surface area contributed by atoms with Gasteiger partial charge in [0, 0.05) is 36.5 Å². The number of carbonyl (C=O) groups excluding carboxylic acids is 2. The number of rotatable bonds is 7. The van der Waals surface area contributed by atoms with Crippen LogP contribution in [0.3, 0.4) is 0 Å². The van der Waals surface area contributed by atoms with Gasteiger partial charge in [0.05, 0.1) is 12.1 Å². The Kier molecular flexibility index (Phi) is 6.75. The number of aromatic nitrogens is 2. The van der Waals surface area contributed by atoms with Gasteiger partial charge in [-0.25, -0.2) is 9.97 Å². The number of aryl methyl sites for hydroxylation is 1. The highest BCUT2D eigenvalue weighted by Gasteiger charge is 2.41. The highest BCUT2D eigenvalue weighted by atomic mass is 32.1. The van der Waals surface area contributed by atoms with E-state index in [1.807, 2.05) is 44.2 Å². The Morgan fingerprint density at radius 2 is 2.09 bits per heavy atom. The number of benzene rings is 1. The summed E-state index contributed by atoms with van der Waals surface area (Å²) in [6.45, 7) is 4.71. The van der Waals surface area contributed by atoms with Crippen LogP contribution >= 0.6 is 11.3 Å². The van der Waals surface area contributed by atoms with Gasteiger partial charge in [-0.05, 0) is 43.7 Å². The third kappa shape index (κ3) is 4.91. The Bertz CT molecular complexity index is 1170. The molecule has 2 aromatic heterocycles. The predicted octanol–water partition coefficient (Wildman–Crippen LogP) is 2.24. The number of nitrogens with zero attached hydrogens (tertiary/aromatic N) is 4. The monoisotopic (exact) mass is 469 g/mol. The lowest BCUT2D eigenvalue weighted by molar-refractivity contribution is -0.158. The minimum atomic E-state index is -0.703. The smallest absolute Gasteiger partial charge is 0.261 e. The third-order valence-electron chi connectivity index (χ3n) is 5.72. The molecule has 2 amide bonds. The van der Waals surface area contributed by atoms with Gasteiger partial charge >= 0.3 is 0 Å². The van der Waals surface area contributed by atoms with Crippen LogP contribution in [0, 0.1) is 6.92 Å². The Labute approximate surface area is 196 Å². The van der Waals surface area contributed by atoms with Crippen molar-refractivity contribution in [2.24, 2.45) is 0 Å². The van der Waals surface area contributed by atoms with Gasteiger partial charge in [-0.3, -0.25) is 9.59 Å². The van der Waals surface area contributed by atoms with Gasteiger partial charge in [0.1, 0.15) is 18.2 Å². The van der Waals surface area contributed by atoms with Gasteiger partial charge in [0.25, 0.3) is 5.91 Å². The van der Waals surface area contributed by atoms with Crippen LogP contribution in [0.2, 0.25) is 0 Å². The van der Waals surface area contributed by atoms with Crippen LogP contribution < -0.4 is 10.5 Å². The summed E-state index contributed by atoms with van der Waals surface area (Å²) in [5, 5.41) is 1.46. The van der Waals surface area contributed by atoms with Crippen molar-refractivity contribution in [2.75, 3.05) is 32.6 Å². The number of anilines is 1. The van der Waals surface area contributed by atoms with Crippen molar-refractivity contribution in [1.29, 1.82) is 0 Å². The van der Waals surface area contributed by atoms with E-state index in [4.69, 9.17) is 15.2 Å². The lowest BCUT2D eigenvalue weighted by Gasteiger charge is -2.44. The number of thiophene rings is 1. The Hall–Kier alpha value is -3.24. The van der Waals surface area contributed by atoms with E-state index in [2.05, 4.69) is 9.97 Å². The first kappa shape index (κ1) is 22.9. The summed E-state index contributed by atoms with van der Waals surface area (Å²) in [6.07, 6.45) is 1.42. The number of carbonyl (C=O) groups is 2. The summed E-state index contributed by atoms with van der Waals surface area (Å²) in [6, 6.07) is 8.60. The van der Waals surface area contributed by atoms with Crippen molar-refractivity contribution in [3.63, 3.8) is 0 Å². The summed E-state index contributed by atoms with van der Waals surface area (Å²) in [5.41, 5.74) is 7.57. The largest absolute Gasteiger partial charge is 0.474 e. The molecular weight excluding hydrogens is 442 g/mol. The normalized spacial score (nSPS) is 18.7. The van der Waals surface area contributed by atoms with E-state index in [0.29, 0.717) is 24.0 Å². The van der Waals surface area contributed by atoms with Crippen molar-refractivity contribution in [3.05, 3.63) is 47.1 Å². The molecular formula is C23H27N5O4S. The highest BCUT2D eigenvalue weighted by molar-refractivity contribution is 7.13. The van der Waals surface area contributed by atoms with E-state index in [9.17, 15) is 9.59 Å². The Morgan fingerprint density at radius 3 is 2.82 bits per heavy atom. The van der Waals surface area contributed by atoms with E-state index < -0.39 is 6.04 Å². The second-order valence-corrected chi connectivity index (χ2v) is 9.35. The van der Waals surface area contributed by atoms with Crippen molar-refractivity contribution in [2.45, 2.75) is 32.5 Å². The first-order chi connectivity index (χ1) is 15.9. The molecule has 1 unspecified atom stereocenters. The Morgan fingerprint density at radius 1 is 1.27 bits per heavy atom. The number of fused-ring (bicyclic) bond motifs is 1. The first-order valence-electron chi connectivity index (χ1n) is 10.6. The average molecular weight is 470 g/mol. The average Bonchev–Trinajstić information content (AvgIpc) is 3.22. The van der Waals surface area contributed by atoms with Crippen molar-refractivity contribution < 1.29 is 19.1 Å². The molecule has 1 aliphatic heterocycles. The molecule has 4 rings (SSSR count). The fourth-order valence-electron chi connectivity index (χ4n) is 4.00. The summed E-state index contributed by atoms with van der Waals surface area (Å²) < 4.78 is 10.9. The molecule has 0 aliphatic carbocycles.